The van der Waals surface area contributed by atoms with E-state index in [0.29, 0.717) is 17.1 Å². The molecule has 1 aromatic carbocycles. The van der Waals surface area contributed by atoms with E-state index in [-0.39, 0.29) is 35.4 Å². The lowest BCUT2D eigenvalue weighted by atomic mass is 10.3. The van der Waals surface area contributed by atoms with Crippen molar-refractivity contribution in [1.29, 1.82) is 0 Å². The Kier molecular flexibility index (Phi) is 8.39. The maximum atomic E-state index is 12.5. The first-order valence-corrected chi connectivity index (χ1v) is 11.2. The molecule has 1 heterocycles. The van der Waals surface area contributed by atoms with Gasteiger partial charge in [-0.15, -0.1) is 0 Å². The van der Waals surface area contributed by atoms with Crippen molar-refractivity contribution in [2.24, 2.45) is 0 Å². The number of ether oxygens (including phenoxy) is 1. The summed E-state index contributed by atoms with van der Waals surface area (Å²) in [5.41, 5.74) is 1.75. The lowest BCUT2D eigenvalue weighted by Gasteiger charge is -2.11. The number of anilines is 2. The van der Waals surface area contributed by atoms with Gasteiger partial charge in [0.25, 0.3) is 10.0 Å². The maximum absolute atomic E-state index is 12.5. The van der Waals surface area contributed by atoms with Crippen LogP contribution in [-0.4, -0.2) is 42.0 Å². The standard InChI is InChI=1S/C19H23N5O5S2/c1-4-29-17(26)10-9-16(25)23-19(30)22-14-5-7-15(8-6-14)31(27,28)24-18-20-12(2)11-13(3)21-18/h5-8,11H,4,9-10H2,1-3H3,(H,20,21,24)(H2,22,23,25,30). The normalized spacial score (nSPS) is 10.8. The van der Waals surface area contributed by atoms with Crippen molar-refractivity contribution >= 4 is 50.9 Å². The number of rotatable bonds is 8. The number of hydrogen-bond donors (Lipinski definition) is 3. The number of thiocarbonyl (C=S) groups is 1. The maximum Gasteiger partial charge on any atom is 0.306 e. The van der Waals surface area contributed by atoms with Crippen LogP contribution in [0.25, 0.3) is 0 Å². The molecular formula is C19H23N5O5S2. The molecule has 10 nitrogen and oxygen atoms in total. The monoisotopic (exact) mass is 465 g/mol. The third-order valence-electron chi connectivity index (χ3n) is 3.74. The number of hydrogen-bond acceptors (Lipinski definition) is 8. The van der Waals surface area contributed by atoms with Crippen molar-refractivity contribution in [3.05, 3.63) is 41.7 Å². The molecule has 0 aliphatic heterocycles. The minimum atomic E-state index is -3.88. The molecule has 0 aliphatic rings. The summed E-state index contributed by atoms with van der Waals surface area (Å²) in [6.45, 7) is 5.41. The molecule has 0 aliphatic carbocycles. The van der Waals surface area contributed by atoms with E-state index in [1.807, 2.05) is 0 Å². The number of aryl methyl sites for hydroxylation is 2. The van der Waals surface area contributed by atoms with Gasteiger partial charge in [0, 0.05) is 23.5 Å². The first-order valence-electron chi connectivity index (χ1n) is 9.30. The first-order chi connectivity index (χ1) is 14.6. The fraction of sp³-hybridized carbons (Fsp3) is 0.316. The van der Waals surface area contributed by atoms with Gasteiger partial charge in [-0.05, 0) is 63.3 Å². The van der Waals surface area contributed by atoms with Gasteiger partial charge in [0.2, 0.25) is 11.9 Å². The van der Waals surface area contributed by atoms with E-state index < -0.39 is 21.9 Å². The Balaban J connectivity index is 1.94. The highest BCUT2D eigenvalue weighted by atomic mass is 32.2. The number of nitrogens with one attached hydrogen (secondary N) is 3. The van der Waals surface area contributed by atoms with Gasteiger partial charge < -0.3 is 15.4 Å². The van der Waals surface area contributed by atoms with Crippen molar-refractivity contribution in [3.8, 4) is 0 Å². The fourth-order valence-electron chi connectivity index (χ4n) is 2.47. The molecule has 2 rings (SSSR count). The Labute approximate surface area is 185 Å². The average molecular weight is 466 g/mol. The summed E-state index contributed by atoms with van der Waals surface area (Å²) in [5.74, 6) is -0.915. The second-order valence-electron chi connectivity index (χ2n) is 6.41. The fourth-order valence-corrected chi connectivity index (χ4v) is 3.64. The summed E-state index contributed by atoms with van der Waals surface area (Å²) >= 11 is 5.05. The molecular weight excluding hydrogens is 442 g/mol. The molecule has 0 atom stereocenters. The van der Waals surface area contributed by atoms with Crippen LogP contribution in [0.15, 0.2) is 35.2 Å². The summed E-state index contributed by atoms with van der Waals surface area (Å²) in [6.07, 6.45) is -0.115. The van der Waals surface area contributed by atoms with Gasteiger partial charge in [-0.2, -0.15) is 0 Å². The molecule has 0 unspecified atom stereocenters. The number of benzene rings is 1. The van der Waals surface area contributed by atoms with Gasteiger partial charge in [0.15, 0.2) is 5.11 Å². The van der Waals surface area contributed by atoms with Crippen LogP contribution in [0.1, 0.15) is 31.2 Å². The Morgan fingerprint density at radius 3 is 2.26 bits per heavy atom. The Morgan fingerprint density at radius 2 is 1.68 bits per heavy atom. The van der Waals surface area contributed by atoms with Crippen LogP contribution >= 0.6 is 12.2 Å². The van der Waals surface area contributed by atoms with Crippen molar-refractivity contribution in [1.82, 2.24) is 15.3 Å². The Morgan fingerprint density at radius 1 is 1.06 bits per heavy atom. The van der Waals surface area contributed by atoms with Gasteiger partial charge in [-0.25, -0.2) is 23.1 Å². The van der Waals surface area contributed by atoms with Gasteiger partial charge in [0.05, 0.1) is 17.9 Å². The van der Waals surface area contributed by atoms with E-state index >= 15 is 0 Å². The zero-order chi connectivity index (χ0) is 23.0. The van der Waals surface area contributed by atoms with E-state index in [1.165, 1.54) is 24.3 Å². The van der Waals surface area contributed by atoms with E-state index in [2.05, 4.69) is 25.3 Å². The second-order valence-corrected chi connectivity index (χ2v) is 8.50. The van der Waals surface area contributed by atoms with Crippen LogP contribution in [-0.2, 0) is 24.3 Å². The highest BCUT2D eigenvalue weighted by Crippen LogP contribution is 2.17. The third-order valence-corrected chi connectivity index (χ3v) is 5.29. The molecule has 0 fully saturated rings. The highest BCUT2D eigenvalue weighted by Gasteiger charge is 2.16. The van der Waals surface area contributed by atoms with E-state index in [0.717, 1.165) is 0 Å². The van der Waals surface area contributed by atoms with Gasteiger partial charge >= 0.3 is 5.97 Å². The lowest BCUT2D eigenvalue weighted by molar-refractivity contribution is -0.144. The van der Waals surface area contributed by atoms with Crippen molar-refractivity contribution in [2.45, 2.75) is 38.5 Å². The summed E-state index contributed by atoms with van der Waals surface area (Å²) < 4.78 is 32.2. The lowest BCUT2D eigenvalue weighted by Crippen LogP contribution is -2.34. The number of aromatic nitrogens is 2. The minimum Gasteiger partial charge on any atom is -0.466 e. The van der Waals surface area contributed by atoms with Gasteiger partial charge in [0.1, 0.15) is 0 Å². The topological polar surface area (TPSA) is 139 Å². The Bertz CT molecular complexity index is 1050. The highest BCUT2D eigenvalue weighted by molar-refractivity contribution is 7.92. The van der Waals surface area contributed by atoms with Crippen LogP contribution < -0.4 is 15.4 Å². The predicted octanol–water partition coefficient (Wildman–Crippen LogP) is 2.05. The first kappa shape index (κ1) is 24.2. The molecule has 3 N–H and O–H groups in total. The molecule has 1 amide bonds. The van der Waals surface area contributed by atoms with Crippen LogP contribution in [0.3, 0.4) is 0 Å². The molecule has 1 aromatic heterocycles. The molecule has 2 aromatic rings. The number of nitrogens with zero attached hydrogens (tertiary/aromatic N) is 2. The summed E-state index contributed by atoms with van der Waals surface area (Å²) in [5, 5.41) is 5.23. The summed E-state index contributed by atoms with van der Waals surface area (Å²) in [7, 11) is -3.88. The molecule has 0 saturated heterocycles. The van der Waals surface area contributed by atoms with E-state index in [4.69, 9.17) is 17.0 Å². The van der Waals surface area contributed by atoms with E-state index in [9.17, 15) is 18.0 Å². The van der Waals surface area contributed by atoms with Crippen molar-refractivity contribution in [3.63, 3.8) is 0 Å². The smallest absolute Gasteiger partial charge is 0.306 e. The van der Waals surface area contributed by atoms with Crippen molar-refractivity contribution in [2.75, 3.05) is 16.6 Å². The van der Waals surface area contributed by atoms with Crippen molar-refractivity contribution < 1.29 is 22.7 Å². The molecule has 0 radical (unpaired) electrons. The molecule has 31 heavy (non-hydrogen) atoms. The van der Waals surface area contributed by atoms with Crippen LogP contribution in [0.5, 0.6) is 0 Å². The zero-order valence-electron chi connectivity index (χ0n) is 17.3. The number of carbonyl (C=O) groups is 2. The van der Waals surface area contributed by atoms with Crippen LogP contribution in [0.4, 0.5) is 11.6 Å². The van der Waals surface area contributed by atoms with Crippen LogP contribution in [0.2, 0.25) is 0 Å². The SMILES string of the molecule is CCOC(=O)CCC(=O)NC(=S)Nc1ccc(S(=O)(=O)Nc2nc(C)cc(C)n2)cc1. The van der Waals surface area contributed by atoms with Crippen LogP contribution in [0, 0.1) is 13.8 Å². The van der Waals surface area contributed by atoms with Gasteiger partial charge in [-0.1, -0.05) is 0 Å². The summed E-state index contributed by atoms with van der Waals surface area (Å²) in [4.78, 5) is 31.2. The largest absolute Gasteiger partial charge is 0.466 e. The predicted molar refractivity (Wildman–Crippen MR) is 119 cm³/mol. The summed E-state index contributed by atoms with van der Waals surface area (Å²) in [6, 6.07) is 7.47. The average Bonchev–Trinajstić information content (AvgIpc) is 2.65. The number of carbonyl (C=O) groups excluding carboxylic acids is 2. The number of sulfonamides is 1. The Hall–Kier alpha value is -3.12. The molecule has 12 heteroatoms. The number of esters is 1. The number of amides is 1. The quantitative estimate of drug-likeness (QED) is 0.395. The van der Waals surface area contributed by atoms with E-state index in [1.54, 1.807) is 26.8 Å². The molecule has 0 saturated carbocycles. The molecule has 0 bridgehead atoms. The van der Waals surface area contributed by atoms with Gasteiger partial charge in [-0.3, -0.25) is 9.59 Å². The zero-order valence-corrected chi connectivity index (χ0v) is 18.9. The molecule has 166 valence electrons. The minimum absolute atomic E-state index is 0.00481. The third kappa shape index (κ3) is 7.90. The molecule has 0 spiro atoms. The second kappa shape index (κ2) is 10.8.